The second-order valence-electron chi connectivity index (χ2n) is 10.2. The summed E-state index contributed by atoms with van der Waals surface area (Å²) in [6, 6.07) is 16.0. The van der Waals surface area contributed by atoms with Gasteiger partial charge in [0.2, 0.25) is 5.91 Å². The van der Waals surface area contributed by atoms with Crippen LogP contribution in [0.3, 0.4) is 0 Å². The molecule has 1 aromatic carbocycles. The third-order valence-corrected chi connectivity index (χ3v) is 6.84. The van der Waals surface area contributed by atoms with Crippen molar-refractivity contribution in [1.82, 2.24) is 30.1 Å². The number of benzene rings is 1. The number of nitrogens with zero attached hydrogens (tertiary/aromatic N) is 4. The SMILES string of the molecule is CC(C)(C)CC(=O)Nc1cncc(-c2ccc3[nH]nc(-c4nc5c(-c6cccs6)cccc5[nH]4)c3n2)c1. The molecule has 0 radical (unpaired) electrons. The predicted octanol–water partition coefficient (Wildman–Crippen LogP) is 6.67. The number of anilines is 1. The normalized spacial score (nSPS) is 11.9. The first kappa shape index (κ1) is 23.1. The van der Waals surface area contributed by atoms with Gasteiger partial charge in [-0.2, -0.15) is 5.10 Å². The third kappa shape index (κ3) is 4.61. The fraction of sp³-hybridized carbons (Fsp3) is 0.179. The molecular formula is C28H25N7OS. The van der Waals surface area contributed by atoms with Crippen molar-refractivity contribution < 1.29 is 4.79 Å². The smallest absolute Gasteiger partial charge is 0.224 e. The minimum Gasteiger partial charge on any atom is -0.336 e. The van der Waals surface area contributed by atoms with E-state index >= 15 is 0 Å². The Morgan fingerprint density at radius 3 is 2.70 bits per heavy atom. The molecule has 37 heavy (non-hydrogen) atoms. The number of amides is 1. The molecule has 5 heterocycles. The van der Waals surface area contributed by atoms with Gasteiger partial charge < -0.3 is 10.3 Å². The first-order valence-electron chi connectivity index (χ1n) is 12.0. The molecule has 6 aromatic rings. The van der Waals surface area contributed by atoms with Crippen LogP contribution in [0.1, 0.15) is 27.2 Å². The standard InChI is InChI=1S/C28H25N7OS/c1-28(2,3)13-23(36)30-17-12-16(14-29-15-17)19-9-10-21-25(31-19)26(35-34-21)27-32-20-7-4-6-18(24(20)33-27)22-8-5-11-37-22/h4-12,14-15H,13H2,1-3H3,(H,30,36)(H,32,33)(H,34,35). The van der Waals surface area contributed by atoms with E-state index in [1.54, 1.807) is 23.7 Å². The second kappa shape index (κ2) is 8.94. The molecule has 0 aliphatic carbocycles. The van der Waals surface area contributed by atoms with Crippen molar-refractivity contribution in [2.75, 3.05) is 5.32 Å². The van der Waals surface area contributed by atoms with Crippen LogP contribution >= 0.6 is 11.3 Å². The molecule has 0 atom stereocenters. The van der Waals surface area contributed by atoms with Crippen LogP contribution in [0, 0.1) is 5.41 Å². The zero-order chi connectivity index (χ0) is 25.6. The van der Waals surface area contributed by atoms with E-state index in [2.05, 4.69) is 43.0 Å². The lowest BCUT2D eigenvalue weighted by molar-refractivity contribution is -0.117. The van der Waals surface area contributed by atoms with Crippen LogP contribution in [-0.4, -0.2) is 36.0 Å². The molecule has 8 nitrogen and oxygen atoms in total. The summed E-state index contributed by atoms with van der Waals surface area (Å²) in [6.45, 7) is 6.11. The maximum Gasteiger partial charge on any atom is 0.224 e. The number of H-pyrrole nitrogens is 2. The van der Waals surface area contributed by atoms with Crippen molar-refractivity contribution in [3.8, 4) is 33.2 Å². The molecule has 0 fully saturated rings. The van der Waals surface area contributed by atoms with E-state index in [4.69, 9.17) is 9.97 Å². The van der Waals surface area contributed by atoms with Gasteiger partial charge in [0.25, 0.3) is 0 Å². The van der Waals surface area contributed by atoms with Gasteiger partial charge in [-0.3, -0.25) is 14.9 Å². The predicted molar refractivity (Wildman–Crippen MR) is 148 cm³/mol. The Hall–Kier alpha value is -4.37. The van der Waals surface area contributed by atoms with E-state index in [0.717, 1.165) is 38.2 Å². The fourth-order valence-electron chi connectivity index (χ4n) is 4.34. The van der Waals surface area contributed by atoms with E-state index in [1.807, 2.05) is 57.2 Å². The summed E-state index contributed by atoms with van der Waals surface area (Å²) in [6.07, 6.45) is 3.80. The molecule has 0 saturated carbocycles. The number of pyridine rings is 2. The quantitative estimate of drug-likeness (QED) is 0.241. The minimum absolute atomic E-state index is 0.0428. The number of thiophene rings is 1. The summed E-state index contributed by atoms with van der Waals surface area (Å²) in [5.74, 6) is 0.606. The number of carbonyl (C=O) groups is 1. The molecule has 0 unspecified atom stereocenters. The molecule has 6 rings (SSSR count). The number of fused-ring (bicyclic) bond motifs is 2. The van der Waals surface area contributed by atoms with Gasteiger partial charge in [-0.1, -0.05) is 39.0 Å². The van der Waals surface area contributed by atoms with Crippen molar-refractivity contribution in [2.45, 2.75) is 27.2 Å². The zero-order valence-electron chi connectivity index (χ0n) is 20.7. The highest BCUT2D eigenvalue weighted by Gasteiger charge is 2.18. The second-order valence-corrected chi connectivity index (χ2v) is 11.1. The molecule has 9 heteroatoms. The Balaban J connectivity index is 1.36. The highest BCUT2D eigenvalue weighted by molar-refractivity contribution is 7.13. The van der Waals surface area contributed by atoms with E-state index in [-0.39, 0.29) is 11.3 Å². The number of hydrogen-bond acceptors (Lipinski definition) is 6. The van der Waals surface area contributed by atoms with E-state index in [0.29, 0.717) is 29.1 Å². The van der Waals surface area contributed by atoms with Crippen LogP contribution in [-0.2, 0) is 4.79 Å². The molecular weight excluding hydrogens is 482 g/mol. The molecule has 3 N–H and O–H groups in total. The maximum absolute atomic E-state index is 12.4. The van der Waals surface area contributed by atoms with Crippen molar-refractivity contribution in [3.63, 3.8) is 0 Å². The van der Waals surface area contributed by atoms with Crippen LogP contribution in [0.25, 0.3) is 55.3 Å². The number of nitrogens with one attached hydrogen (secondary N) is 3. The first-order chi connectivity index (χ1) is 17.8. The van der Waals surface area contributed by atoms with E-state index in [9.17, 15) is 4.79 Å². The molecule has 0 saturated heterocycles. The number of carbonyl (C=O) groups excluding carboxylic acids is 1. The van der Waals surface area contributed by atoms with Crippen molar-refractivity contribution >= 4 is 45.0 Å². The van der Waals surface area contributed by atoms with Crippen LogP contribution in [0.2, 0.25) is 0 Å². The number of imidazole rings is 1. The van der Waals surface area contributed by atoms with E-state index in [1.165, 1.54) is 0 Å². The average molecular weight is 508 g/mol. The lowest BCUT2D eigenvalue weighted by Crippen LogP contribution is -2.19. The minimum atomic E-state index is -0.0966. The van der Waals surface area contributed by atoms with Gasteiger partial charge in [0.1, 0.15) is 5.52 Å². The Bertz CT molecular complexity index is 1740. The lowest BCUT2D eigenvalue weighted by atomic mass is 9.92. The first-order valence-corrected chi connectivity index (χ1v) is 12.9. The average Bonchev–Trinajstić information content (AvgIpc) is 3.61. The molecule has 5 aromatic heterocycles. The largest absolute Gasteiger partial charge is 0.336 e. The summed E-state index contributed by atoms with van der Waals surface area (Å²) in [5, 5.41) is 12.6. The number of para-hydroxylation sites is 1. The lowest BCUT2D eigenvalue weighted by Gasteiger charge is -2.17. The van der Waals surface area contributed by atoms with Crippen molar-refractivity contribution in [1.29, 1.82) is 0 Å². The summed E-state index contributed by atoms with van der Waals surface area (Å²) in [7, 11) is 0. The number of hydrogen-bond donors (Lipinski definition) is 3. The van der Waals surface area contributed by atoms with Gasteiger partial charge in [0.15, 0.2) is 11.5 Å². The highest BCUT2D eigenvalue weighted by atomic mass is 32.1. The third-order valence-electron chi connectivity index (χ3n) is 5.94. The Labute approximate surface area is 217 Å². The van der Waals surface area contributed by atoms with Gasteiger partial charge >= 0.3 is 0 Å². The topological polar surface area (TPSA) is 112 Å². The Kier molecular flexibility index (Phi) is 5.57. The van der Waals surface area contributed by atoms with Gasteiger partial charge in [0.05, 0.1) is 34.1 Å². The molecule has 0 aliphatic rings. The van der Waals surface area contributed by atoms with Crippen molar-refractivity contribution in [3.05, 3.63) is 66.3 Å². The summed E-state index contributed by atoms with van der Waals surface area (Å²) >= 11 is 1.69. The van der Waals surface area contributed by atoms with Gasteiger partial charge in [-0.25, -0.2) is 9.97 Å². The number of rotatable bonds is 5. The monoisotopic (exact) mass is 507 g/mol. The summed E-state index contributed by atoms with van der Waals surface area (Å²) in [4.78, 5) is 31.1. The fourth-order valence-corrected chi connectivity index (χ4v) is 5.09. The summed E-state index contributed by atoms with van der Waals surface area (Å²) in [5.41, 5.74) is 7.15. The number of aromatic nitrogens is 6. The Morgan fingerprint density at radius 1 is 1.00 bits per heavy atom. The molecule has 0 bridgehead atoms. The van der Waals surface area contributed by atoms with Crippen molar-refractivity contribution in [2.24, 2.45) is 5.41 Å². The highest BCUT2D eigenvalue weighted by Crippen LogP contribution is 2.33. The number of aromatic amines is 2. The van der Waals surface area contributed by atoms with E-state index < -0.39 is 0 Å². The maximum atomic E-state index is 12.4. The summed E-state index contributed by atoms with van der Waals surface area (Å²) < 4.78 is 0. The Morgan fingerprint density at radius 2 is 1.89 bits per heavy atom. The molecule has 1 amide bonds. The van der Waals surface area contributed by atoms with Gasteiger partial charge in [-0.15, -0.1) is 11.3 Å². The van der Waals surface area contributed by atoms with Gasteiger partial charge in [0, 0.05) is 28.6 Å². The van der Waals surface area contributed by atoms with Gasteiger partial charge in [-0.05, 0) is 41.1 Å². The van der Waals surface area contributed by atoms with Crippen LogP contribution < -0.4 is 5.32 Å². The van der Waals surface area contributed by atoms with Crippen LogP contribution in [0.4, 0.5) is 5.69 Å². The molecule has 0 spiro atoms. The molecule has 0 aliphatic heterocycles. The zero-order valence-corrected chi connectivity index (χ0v) is 21.5. The van der Waals surface area contributed by atoms with Crippen LogP contribution in [0.15, 0.2) is 66.3 Å². The molecule has 184 valence electrons. The van der Waals surface area contributed by atoms with Crippen LogP contribution in [0.5, 0.6) is 0 Å².